The second kappa shape index (κ2) is 7.91. The lowest BCUT2D eigenvalue weighted by Gasteiger charge is -2.08. The number of alkyl halides is 3. The average Bonchev–Trinajstić information content (AvgIpc) is 2.67. The van der Waals surface area contributed by atoms with E-state index in [9.17, 15) is 18.0 Å². The number of rotatable bonds is 5. The second-order valence-electron chi connectivity index (χ2n) is 5.76. The fourth-order valence-corrected chi connectivity index (χ4v) is 2.51. The van der Waals surface area contributed by atoms with Crippen molar-refractivity contribution in [2.75, 3.05) is 0 Å². The van der Waals surface area contributed by atoms with Gasteiger partial charge in [-0.05, 0) is 34.9 Å². The smallest absolute Gasteiger partial charge is 0.406 e. The molecule has 0 saturated heterocycles. The Morgan fingerprint density at radius 3 is 1.96 bits per heavy atom. The summed E-state index contributed by atoms with van der Waals surface area (Å²) in [6.07, 6.45) is -1.79. The molecule has 0 aliphatic carbocycles. The second-order valence-corrected chi connectivity index (χ2v) is 5.76. The van der Waals surface area contributed by atoms with Gasteiger partial charge in [0.15, 0.2) is 5.78 Å². The van der Waals surface area contributed by atoms with Crippen molar-refractivity contribution in [2.24, 2.45) is 0 Å². The zero-order valence-electron chi connectivity index (χ0n) is 14.1. The number of halogens is 3. The van der Waals surface area contributed by atoms with Crippen molar-refractivity contribution in [1.29, 1.82) is 0 Å². The molecule has 0 fully saturated rings. The van der Waals surface area contributed by atoms with Crippen LogP contribution in [0.3, 0.4) is 0 Å². The van der Waals surface area contributed by atoms with E-state index in [-0.39, 0.29) is 11.5 Å². The van der Waals surface area contributed by atoms with Gasteiger partial charge in [-0.15, -0.1) is 13.2 Å². The largest absolute Gasteiger partial charge is 0.573 e. The fourth-order valence-electron chi connectivity index (χ4n) is 2.51. The number of carbonyl (C=O) groups excluding carboxylic acids is 1. The van der Waals surface area contributed by atoms with Crippen LogP contribution in [0, 0.1) is 0 Å². The lowest BCUT2D eigenvalue weighted by Crippen LogP contribution is -2.16. The number of allylic oxidation sites excluding steroid dienone is 1. The monoisotopic (exact) mass is 368 g/mol. The Morgan fingerprint density at radius 2 is 1.37 bits per heavy atom. The molecule has 0 radical (unpaired) electrons. The normalized spacial score (nSPS) is 11.5. The highest BCUT2D eigenvalue weighted by molar-refractivity contribution is 6.07. The van der Waals surface area contributed by atoms with Crippen LogP contribution in [-0.4, -0.2) is 12.1 Å². The SMILES string of the molecule is O=C(/C=C/c1ccc(OC(F)(F)F)cc1)c1ccc(-c2ccccc2)cc1. The third kappa shape index (κ3) is 5.31. The third-order valence-electron chi connectivity index (χ3n) is 3.82. The lowest BCUT2D eigenvalue weighted by atomic mass is 10.0. The van der Waals surface area contributed by atoms with E-state index in [2.05, 4.69) is 4.74 Å². The van der Waals surface area contributed by atoms with Crippen molar-refractivity contribution < 1.29 is 22.7 Å². The predicted molar refractivity (Wildman–Crippen MR) is 98.4 cm³/mol. The molecule has 0 bridgehead atoms. The van der Waals surface area contributed by atoms with Gasteiger partial charge in [0, 0.05) is 5.56 Å². The number of ether oxygens (including phenoxy) is 1. The number of hydrogen-bond acceptors (Lipinski definition) is 2. The minimum absolute atomic E-state index is 0.190. The van der Waals surface area contributed by atoms with Crippen molar-refractivity contribution in [3.8, 4) is 16.9 Å². The molecule has 0 aliphatic rings. The van der Waals surface area contributed by atoms with E-state index < -0.39 is 6.36 Å². The molecule has 3 rings (SSSR count). The van der Waals surface area contributed by atoms with Crippen LogP contribution in [-0.2, 0) is 0 Å². The summed E-state index contributed by atoms with van der Waals surface area (Å²) in [5.41, 5.74) is 3.20. The van der Waals surface area contributed by atoms with Crippen molar-refractivity contribution in [3.63, 3.8) is 0 Å². The summed E-state index contributed by atoms with van der Waals surface area (Å²) < 4.78 is 40.2. The highest BCUT2D eigenvalue weighted by Gasteiger charge is 2.30. The van der Waals surface area contributed by atoms with Crippen LogP contribution in [0.5, 0.6) is 5.75 Å². The van der Waals surface area contributed by atoms with Crippen LogP contribution >= 0.6 is 0 Å². The first-order valence-corrected chi connectivity index (χ1v) is 8.14. The van der Waals surface area contributed by atoms with E-state index in [0.29, 0.717) is 11.1 Å². The van der Waals surface area contributed by atoms with Crippen LogP contribution in [0.25, 0.3) is 17.2 Å². The Morgan fingerprint density at radius 1 is 0.778 bits per heavy atom. The first-order valence-electron chi connectivity index (χ1n) is 8.14. The molecule has 0 aliphatic heterocycles. The van der Waals surface area contributed by atoms with E-state index in [4.69, 9.17) is 0 Å². The summed E-state index contributed by atoms with van der Waals surface area (Å²) in [6.45, 7) is 0. The molecule has 0 spiro atoms. The summed E-state index contributed by atoms with van der Waals surface area (Å²) in [4.78, 5) is 12.3. The van der Waals surface area contributed by atoms with Gasteiger partial charge < -0.3 is 4.74 Å². The number of hydrogen-bond donors (Lipinski definition) is 0. The molecular formula is C22H15F3O2. The molecule has 5 heteroatoms. The molecule has 3 aromatic carbocycles. The first kappa shape index (κ1) is 18.5. The molecule has 0 N–H and O–H groups in total. The minimum atomic E-state index is -4.72. The van der Waals surface area contributed by atoms with Crippen LogP contribution in [0.4, 0.5) is 13.2 Å². The highest BCUT2D eigenvalue weighted by Crippen LogP contribution is 2.23. The van der Waals surface area contributed by atoms with E-state index in [1.807, 2.05) is 42.5 Å². The molecule has 0 amide bonds. The summed E-state index contributed by atoms with van der Waals surface area (Å²) in [5, 5.41) is 0. The van der Waals surface area contributed by atoms with Gasteiger partial charge in [0.25, 0.3) is 0 Å². The number of ketones is 1. The topological polar surface area (TPSA) is 26.3 Å². The Labute approximate surface area is 154 Å². The van der Waals surface area contributed by atoms with Crippen LogP contribution in [0.1, 0.15) is 15.9 Å². The van der Waals surface area contributed by atoms with Crippen molar-refractivity contribution >= 4 is 11.9 Å². The van der Waals surface area contributed by atoms with Crippen molar-refractivity contribution in [3.05, 3.63) is 96.1 Å². The number of benzene rings is 3. The predicted octanol–water partition coefficient (Wildman–Crippen LogP) is 6.15. The molecule has 3 aromatic rings. The lowest BCUT2D eigenvalue weighted by molar-refractivity contribution is -0.274. The molecule has 0 heterocycles. The Hall–Kier alpha value is -3.34. The van der Waals surface area contributed by atoms with Gasteiger partial charge in [-0.3, -0.25) is 4.79 Å². The van der Waals surface area contributed by atoms with E-state index in [1.54, 1.807) is 18.2 Å². The van der Waals surface area contributed by atoms with Gasteiger partial charge in [-0.25, -0.2) is 0 Å². The van der Waals surface area contributed by atoms with Crippen LogP contribution in [0.2, 0.25) is 0 Å². The summed E-state index contributed by atoms with van der Waals surface area (Å²) in [7, 11) is 0. The zero-order valence-corrected chi connectivity index (χ0v) is 14.1. The first-order chi connectivity index (χ1) is 12.9. The molecule has 0 unspecified atom stereocenters. The maximum absolute atomic E-state index is 12.3. The van der Waals surface area contributed by atoms with Gasteiger partial charge in [0.05, 0.1) is 0 Å². The van der Waals surface area contributed by atoms with Crippen molar-refractivity contribution in [1.82, 2.24) is 0 Å². The van der Waals surface area contributed by atoms with Gasteiger partial charge in [-0.2, -0.15) is 0 Å². The van der Waals surface area contributed by atoms with Crippen molar-refractivity contribution in [2.45, 2.75) is 6.36 Å². The van der Waals surface area contributed by atoms with Crippen LogP contribution in [0.15, 0.2) is 84.9 Å². The Kier molecular flexibility index (Phi) is 5.41. The molecule has 0 aromatic heterocycles. The summed E-state index contributed by atoms with van der Waals surface area (Å²) in [5.74, 6) is -0.493. The summed E-state index contributed by atoms with van der Waals surface area (Å²) in [6, 6.07) is 22.3. The van der Waals surface area contributed by atoms with Gasteiger partial charge in [-0.1, -0.05) is 72.8 Å². The van der Waals surface area contributed by atoms with E-state index in [0.717, 1.165) is 11.1 Å². The van der Waals surface area contributed by atoms with Gasteiger partial charge in [0.2, 0.25) is 0 Å². The zero-order chi connectivity index (χ0) is 19.3. The average molecular weight is 368 g/mol. The standard InChI is InChI=1S/C22H15F3O2/c23-22(24,25)27-20-13-6-16(7-14-20)8-15-21(26)19-11-9-18(10-12-19)17-4-2-1-3-5-17/h1-15H/b15-8+. The van der Waals surface area contributed by atoms with E-state index in [1.165, 1.54) is 30.3 Å². The molecule has 0 saturated carbocycles. The number of carbonyl (C=O) groups is 1. The Balaban J connectivity index is 1.66. The molecule has 2 nitrogen and oxygen atoms in total. The molecule has 0 atom stereocenters. The Bertz CT molecular complexity index is 926. The minimum Gasteiger partial charge on any atom is -0.406 e. The molecular weight excluding hydrogens is 353 g/mol. The quantitative estimate of drug-likeness (QED) is 0.399. The van der Waals surface area contributed by atoms with Gasteiger partial charge >= 0.3 is 6.36 Å². The van der Waals surface area contributed by atoms with Gasteiger partial charge in [0.1, 0.15) is 5.75 Å². The summed E-state index contributed by atoms with van der Waals surface area (Å²) >= 11 is 0. The molecule has 136 valence electrons. The third-order valence-corrected chi connectivity index (χ3v) is 3.82. The maximum atomic E-state index is 12.3. The molecule has 27 heavy (non-hydrogen) atoms. The van der Waals surface area contributed by atoms with E-state index >= 15 is 0 Å². The highest BCUT2D eigenvalue weighted by atomic mass is 19.4. The van der Waals surface area contributed by atoms with Crippen LogP contribution < -0.4 is 4.74 Å². The maximum Gasteiger partial charge on any atom is 0.573 e. The fraction of sp³-hybridized carbons (Fsp3) is 0.0455.